The number of anilines is 3. The fraction of sp³-hybridized carbons (Fsp3) is 0.0154. The lowest BCUT2D eigenvalue weighted by Crippen LogP contribution is -2.28. The number of para-hydroxylation sites is 1. The van der Waals surface area contributed by atoms with Crippen LogP contribution < -0.4 is 4.90 Å². The van der Waals surface area contributed by atoms with Crippen molar-refractivity contribution >= 4 is 27.8 Å². The smallest absolute Gasteiger partial charge is 0.0713 e. The quantitative estimate of drug-likeness (QED) is 0.147. The Morgan fingerprint density at radius 2 is 0.773 bits per heavy atom. The Morgan fingerprint density at radius 3 is 1.47 bits per heavy atom. The van der Waals surface area contributed by atoms with Gasteiger partial charge in [-0.25, -0.2) is 0 Å². The predicted octanol–water partition coefficient (Wildman–Crippen LogP) is 17.3. The van der Waals surface area contributed by atoms with Gasteiger partial charge in [0.25, 0.3) is 0 Å². The molecule has 0 unspecified atom stereocenters. The molecule has 0 radical (unpaired) electrons. The molecular weight excluding hydrogens is 795 g/mol. The summed E-state index contributed by atoms with van der Waals surface area (Å²) in [6, 6.07) is 96.3. The zero-order valence-electron chi connectivity index (χ0n) is 36.3. The molecule has 308 valence electrons. The second-order valence-corrected chi connectivity index (χ2v) is 17.5. The van der Waals surface area contributed by atoms with E-state index in [4.69, 9.17) is 0 Å². The lowest BCUT2D eigenvalue weighted by molar-refractivity contribution is 0.768. The molecule has 0 amide bonds. The van der Waals surface area contributed by atoms with Gasteiger partial charge in [-0.05, 0) is 131 Å². The van der Waals surface area contributed by atoms with Crippen LogP contribution in [0.5, 0.6) is 0 Å². The number of benzene rings is 11. The van der Waals surface area contributed by atoms with Crippen molar-refractivity contribution in [2.75, 3.05) is 4.90 Å². The molecule has 0 spiro atoms. The van der Waals surface area contributed by atoms with Crippen LogP contribution in [-0.2, 0) is 5.41 Å². The normalized spacial score (nSPS) is 12.7. The van der Waals surface area contributed by atoms with Crippen LogP contribution in [-0.4, -0.2) is 0 Å². The van der Waals surface area contributed by atoms with Gasteiger partial charge >= 0.3 is 0 Å². The van der Waals surface area contributed by atoms with Gasteiger partial charge in [0.2, 0.25) is 0 Å². The standard InChI is InChI=1S/C65H43N/c1-5-19-44(20-6-1)46-37-42-62(59(43-46)56-32-18-34-61-64(56)58-29-15-16-33-60(58)65(61,47-21-7-2-8-22-47)48-23-9-3-10-24-48)66(49-25-11-4-12-26-49)50-38-35-45(36-39-50)51-40-41-57-53-28-14-13-27-52(53)55-31-17-30-54(51)63(55)57/h1-43H. The molecule has 0 N–H and O–H groups in total. The Labute approximate surface area is 386 Å². The summed E-state index contributed by atoms with van der Waals surface area (Å²) in [6.45, 7) is 0. The average molecular weight is 838 g/mol. The van der Waals surface area contributed by atoms with Crippen molar-refractivity contribution in [3.63, 3.8) is 0 Å². The van der Waals surface area contributed by atoms with E-state index in [1.54, 1.807) is 0 Å². The zero-order chi connectivity index (χ0) is 43.6. The van der Waals surface area contributed by atoms with Crippen LogP contribution in [0.2, 0.25) is 0 Å². The lowest BCUT2D eigenvalue weighted by Gasteiger charge is -2.34. The van der Waals surface area contributed by atoms with E-state index in [9.17, 15) is 0 Å². The molecule has 13 rings (SSSR count). The minimum atomic E-state index is -0.512. The molecule has 2 aliphatic rings. The molecule has 0 aliphatic heterocycles. The van der Waals surface area contributed by atoms with E-state index in [1.807, 2.05) is 0 Å². The van der Waals surface area contributed by atoms with E-state index in [-0.39, 0.29) is 0 Å². The molecule has 11 aromatic rings. The van der Waals surface area contributed by atoms with Gasteiger partial charge < -0.3 is 4.90 Å². The number of nitrogens with zero attached hydrogens (tertiary/aromatic N) is 1. The highest BCUT2D eigenvalue weighted by Gasteiger charge is 2.47. The topological polar surface area (TPSA) is 3.24 Å². The first-order chi connectivity index (χ1) is 32.8. The third-order valence-corrected chi connectivity index (χ3v) is 14.1. The molecule has 0 saturated heterocycles. The van der Waals surface area contributed by atoms with Crippen LogP contribution in [0.15, 0.2) is 261 Å². The summed E-state index contributed by atoms with van der Waals surface area (Å²) in [5, 5.41) is 2.63. The molecule has 2 aliphatic carbocycles. The Hall–Kier alpha value is -8.52. The Balaban J connectivity index is 1.03. The predicted molar refractivity (Wildman–Crippen MR) is 277 cm³/mol. The van der Waals surface area contributed by atoms with Crippen LogP contribution in [0.25, 0.3) is 77.5 Å². The van der Waals surface area contributed by atoms with E-state index >= 15 is 0 Å². The molecule has 0 atom stereocenters. The maximum atomic E-state index is 2.44. The molecular formula is C65H43N. The Bertz CT molecular complexity index is 3540. The summed E-state index contributed by atoms with van der Waals surface area (Å²) in [5.41, 5.74) is 22.9. The molecule has 0 saturated carbocycles. The van der Waals surface area contributed by atoms with Gasteiger partial charge in [0.1, 0.15) is 0 Å². The van der Waals surface area contributed by atoms with Crippen molar-refractivity contribution in [2.24, 2.45) is 0 Å². The monoisotopic (exact) mass is 837 g/mol. The summed E-state index contributed by atoms with van der Waals surface area (Å²) in [7, 11) is 0. The second kappa shape index (κ2) is 15.3. The van der Waals surface area contributed by atoms with Gasteiger partial charge in [0, 0.05) is 16.9 Å². The summed E-state index contributed by atoms with van der Waals surface area (Å²) < 4.78 is 0. The number of hydrogen-bond donors (Lipinski definition) is 0. The molecule has 0 bridgehead atoms. The van der Waals surface area contributed by atoms with Crippen LogP contribution in [0.1, 0.15) is 22.3 Å². The Morgan fingerprint density at radius 1 is 0.273 bits per heavy atom. The van der Waals surface area contributed by atoms with E-state index in [1.165, 1.54) is 99.8 Å². The first kappa shape index (κ1) is 38.0. The fourth-order valence-corrected chi connectivity index (χ4v) is 11.3. The molecule has 1 heteroatoms. The summed E-state index contributed by atoms with van der Waals surface area (Å²) in [4.78, 5) is 2.44. The van der Waals surface area contributed by atoms with Gasteiger partial charge in [0.05, 0.1) is 11.1 Å². The average Bonchev–Trinajstić information content (AvgIpc) is 3.90. The van der Waals surface area contributed by atoms with Crippen molar-refractivity contribution in [1.29, 1.82) is 0 Å². The molecule has 0 heterocycles. The van der Waals surface area contributed by atoms with Gasteiger partial charge in [-0.1, -0.05) is 224 Å². The first-order valence-corrected chi connectivity index (χ1v) is 22.9. The minimum Gasteiger partial charge on any atom is -0.310 e. The Kier molecular flexibility index (Phi) is 8.82. The van der Waals surface area contributed by atoms with Crippen molar-refractivity contribution in [3.05, 3.63) is 283 Å². The van der Waals surface area contributed by atoms with Crippen molar-refractivity contribution in [1.82, 2.24) is 0 Å². The highest BCUT2D eigenvalue weighted by molar-refractivity contribution is 6.18. The maximum absolute atomic E-state index is 2.44. The largest absolute Gasteiger partial charge is 0.310 e. The number of fused-ring (bicyclic) bond motifs is 6. The van der Waals surface area contributed by atoms with Crippen LogP contribution in [0, 0.1) is 0 Å². The third-order valence-electron chi connectivity index (χ3n) is 14.1. The minimum absolute atomic E-state index is 0.512. The van der Waals surface area contributed by atoms with Crippen molar-refractivity contribution < 1.29 is 0 Å². The molecule has 0 fully saturated rings. The summed E-state index contributed by atoms with van der Waals surface area (Å²) in [5.74, 6) is 0. The van der Waals surface area contributed by atoms with Crippen LogP contribution in [0.4, 0.5) is 17.1 Å². The fourth-order valence-electron chi connectivity index (χ4n) is 11.3. The van der Waals surface area contributed by atoms with Crippen LogP contribution in [0.3, 0.4) is 0 Å². The number of hydrogen-bond acceptors (Lipinski definition) is 1. The van der Waals surface area contributed by atoms with Gasteiger partial charge in [-0.2, -0.15) is 0 Å². The van der Waals surface area contributed by atoms with Crippen molar-refractivity contribution in [2.45, 2.75) is 5.41 Å². The van der Waals surface area contributed by atoms with E-state index in [0.717, 1.165) is 17.1 Å². The second-order valence-electron chi connectivity index (χ2n) is 17.5. The molecule has 0 aromatic heterocycles. The SMILES string of the molecule is c1ccc(-c2ccc(N(c3ccccc3)c3ccc(-c4ccc5c6c(cccc46)-c4ccccc4-5)cc3)c(-c3cccc4c3-c3ccccc3C4(c3ccccc3)c3ccccc3)c2)cc1. The third kappa shape index (κ3) is 5.73. The molecule has 11 aromatic carbocycles. The zero-order valence-corrected chi connectivity index (χ0v) is 36.3. The van der Waals surface area contributed by atoms with Gasteiger partial charge in [-0.15, -0.1) is 0 Å². The molecule has 66 heavy (non-hydrogen) atoms. The highest BCUT2D eigenvalue weighted by atomic mass is 15.1. The lowest BCUT2D eigenvalue weighted by atomic mass is 9.67. The van der Waals surface area contributed by atoms with Gasteiger partial charge in [-0.3, -0.25) is 0 Å². The maximum Gasteiger partial charge on any atom is 0.0713 e. The first-order valence-electron chi connectivity index (χ1n) is 22.9. The van der Waals surface area contributed by atoms with E-state index in [0.29, 0.717) is 0 Å². The summed E-state index contributed by atoms with van der Waals surface area (Å²) >= 11 is 0. The van der Waals surface area contributed by atoms with Crippen molar-refractivity contribution in [3.8, 4) is 66.8 Å². The van der Waals surface area contributed by atoms with Gasteiger partial charge in [0.15, 0.2) is 0 Å². The van der Waals surface area contributed by atoms with Crippen LogP contribution >= 0.6 is 0 Å². The van der Waals surface area contributed by atoms with E-state index in [2.05, 4.69) is 266 Å². The number of rotatable bonds is 8. The molecule has 1 nitrogen and oxygen atoms in total. The summed E-state index contributed by atoms with van der Waals surface area (Å²) in [6.07, 6.45) is 0. The van der Waals surface area contributed by atoms with E-state index < -0.39 is 5.41 Å². The highest BCUT2D eigenvalue weighted by Crippen LogP contribution is 2.59.